The SMILES string of the molecule is NNCc1cnc(C2CC2)s1. The van der Waals surface area contributed by atoms with Crippen molar-refractivity contribution in [3.05, 3.63) is 16.1 Å². The molecule has 0 aromatic carbocycles. The number of rotatable bonds is 3. The molecule has 3 nitrogen and oxygen atoms in total. The number of nitrogens with zero attached hydrogens (tertiary/aromatic N) is 1. The van der Waals surface area contributed by atoms with Crippen molar-refractivity contribution in [2.45, 2.75) is 25.3 Å². The topological polar surface area (TPSA) is 50.9 Å². The quantitative estimate of drug-likeness (QED) is 0.524. The van der Waals surface area contributed by atoms with Crippen molar-refractivity contribution >= 4 is 11.3 Å². The first kappa shape index (κ1) is 7.21. The van der Waals surface area contributed by atoms with Crippen molar-refractivity contribution in [2.75, 3.05) is 0 Å². The van der Waals surface area contributed by atoms with Crippen molar-refractivity contribution in [1.29, 1.82) is 0 Å². The summed E-state index contributed by atoms with van der Waals surface area (Å²) in [6, 6.07) is 0. The molecule has 1 aliphatic carbocycles. The largest absolute Gasteiger partial charge is 0.271 e. The Bertz CT molecular complexity index is 242. The summed E-state index contributed by atoms with van der Waals surface area (Å²) in [6.45, 7) is 0.740. The van der Waals surface area contributed by atoms with Crippen LogP contribution in [-0.4, -0.2) is 4.98 Å². The van der Waals surface area contributed by atoms with Gasteiger partial charge in [0.05, 0.1) is 5.01 Å². The van der Waals surface area contributed by atoms with E-state index in [-0.39, 0.29) is 0 Å². The molecule has 60 valence electrons. The number of hydrogen-bond acceptors (Lipinski definition) is 4. The van der Waals surface area contributed by atoms with Gasteiger partial charge in [0.2, 0.25) is 0 Å². The molecule has 1 aromatic rings. The molecule has 0 spiro atoms. The zero-order valence-corrected chi connectivity index (χ0v) is 7.03. The molecule has 3 N–H and O–H groups in total. The second-order valence-electron chi connectivity index (χ2n) is 2.82. The number of thiazole rings is 1. The van der Waals surface area contributed by atoms with Crippen LogP contribution in [-0.2, 0) is 6.54 Å². The Labute approximate surface area is 69.6 Å². The van der Waals surface area contributed by atoms with Gasteiger partial charge < -0.3 is 0 Å². The van der Waals surface area contributed by atoms with Crippen LogP contribution in [0.1, 0.15) is 28.6 Å². The fraction of sp³-hybridized carbons (Fsp3) is 0.571. The maximum Gasteiger partial charge on any atom is 0.0959 e. The first-order valence-electron chi connectivity index (χ1n) is 3.78. The lowest BCUT2D eigenvalue weighted by Crippen LogP contribution is -2.19. The number of hydrazine groups is 1. The Morgan fingerprint density at radius 3 is 3.18 bits per heavy atom. The zero-order valence-electron chi connectivity index (χ0n) is 6.21. The van der Waals surface area contributed by atoms with Crippen molar-refractivity contribution < 1.29 is 0 Å². The van der Waals surface area contributed by atoms with Gasteiger partial charge >= 0.3 is 0 Å². The molecule has 1 aliphatic rings. The second-order valence-corrected chi connectivity index (χ2v) is 3.97. The van der Waals surface area contributed by atoms with Gasteiger partial charge in [0.25, 0.3) is 0 Å². The second kappa shape index (κ2) is 2.89. The lowest BCUT2D eigenvalue weighted by Gasteiger charge is -1.90. The van der Waals surface area contributed by atoms with Crippen LogP contribution in [0.25, 0.3) is 0 Å². The van der Waals surface area contributed by atoms with Gasteiger partial charge in [-0.2, -0.15) is 0 Å². The van der Waals surface area contributed by atoms with Crippen LogP contribution in [0.3, 0.4) is 0 Å². The Kier molecular flexibility index (Phi) is 1.89. The van der Waals surface area contributed by atoms with E-state index in [9.17, 15) is 0 Å². The standard InChI is InChI=1S/C7H11N3S/c8-10-4-6-3-9-7(11-6)5-1-2-5/h3,5,10H,1-2,4,8H2. The highest BCUT2D eigenvalue weighted by atomic mass is 32.1. The molecule has 0 saturated heterocycles. The highest BCUT2D eigenvalue weighted by Gasteiger charge is 2.26. The molecule has 1 aromatic heterocycles. The predicted octanol–water partition coefficient (Wildman–Crippen LogP) is 0.984. The average Bonchev–Trinajstić information content (AvgIpc) is 2.75. The summed E-state index contributed by atoms with van der Waals surface area (Å²) in [5, 5.41) is 1.29. The van der Waals surface area contributed by atoms with E-state index in [0.717, 1.165) is 12.5 Å². The lowest BCUT2D eigenvalue weighted by atomic mass is 10.5. The van der Waals surface area contributed by atoms with E-state index in [1.165, 1.54) is 22.7 Å². The van der Waals surface area contributed by atoms with Crippen LogP contribution in [0.4, 0.5) is 0 Å². The van der Waals surface area contributed by atoms with Crippen LogP contribution in [0.5, 0.6) is 0 Å². The fourth-order valence-corrected chi connectivity index (χ4v) is 2.06. The van der Waals surface area contributed by atoms with E-state index >= 15 is 0 Å². The molecule has 1 heterocycles. The molecule has 0 atom stereocenters. The van der Waals surface area contributed by atoms with Crippen LogP contribution < -0.4 is 11.3 Å². The van der Waals surface area contributed by atoms with Gasteiger partial charge in [0, 0.05) is 23.5 Å². The van der Waals surface area contributed by atoms with Crippen molar-refractivity contribution in [2.24, 2.45) is 5.84 Å². The van der Waals surface area contributed by atoms with Crippen LogP contribution in [0, 0.1) is 0 Å². The Hall–Kier alpha value is -0.450. The minimum absolute atomic E-state index is 0.740. The molecular weight excluding hydrogens is 158 g/mol. The van der Waals surface area contributed by atoms with Crippen LogP contribution >= 0.6 is 11.3 Å². The van der Waals surface area contributed by atoms with Crippen molar-refractivity contribution in [1.82, 2.24) is 10.4 Å². The molecule has 0 amide bonds. The summed E-state index contributed by atoms with van der Waals surface area (Å²) in [5.74, 6) is 5.96. The Morgan fingerprint density at radius 1 is 1.73 bits per heavy atom. The van der Waals surface area contributed by atoms with E-state index in [4.69, 9.17) is 5.84 Å². The molecule has 0 unspecified atom stereocenters. The van der Waals surface area contributed by atoms with Gasteiger partial charge in [-0.25, -0.2) is 4.98 Å². The summed E-state index contributed by atoms with van der Waals surface area (Å²) in [5.41, 5.74) is 2.63. The van der Waals surface area contributed by atoms with Gasteiger partial charge in [0.15, 0.2) is 0 Å². The monoisotopic (exact) mass is 169 g/mol. The smallest absolute Gasteiger partial charge is 0.0959 e. The summed E-state index contributed by atoms with van der Waals surface area (Å²) >= 11 is 1.77. The number of nitrogens with two attached hydrogens (primary N) is 1. The Morgan fingerprint density at radius 2 is 2.55 bits per heavy atom. The lowest BCUT2D eigenvalue weighted by molar-refractivity contribution is 0.750. The molecule has 0 aliphatic heterocycles. The predicted molar refractivity (Wildman–Crippen MR) is 45.1 cm³/mol. The number of nitrogens with one attached hydrogen (secondary N) is 1. The highest BCUT2D eigenvalue weighted by Crippen LogP contribution is 2.41. The number of hydrogen-bond donors (Lipinski definition) is 2. The third-order valence-corrected chi connectivity index (χ3v) is 2.93. The molecule has 2 rings (SSSR count). The third kappa shape index (κ3) is 1.58. The summed E-state index contributed by atoms with van der Waals surface area (Å²) in [6.07, 6.45) is 4.56. The molecule has 4 heteroatoms. The van der Waals surface area contributed by atoms with Crippen LogP contribution in [0.15, 0.2) is 6.20 Å². The van der Waals surface area contributed by atoms with E-state index < -0.39 is 0 Å². The van der Waals surface area contributed by atoms with Gasteiger partial charge in [-0.05, 0) is 12.8 Å². The zero-order chi connectivity index (χ0) is 7.68. The molecule has 1 fully saturated rings. The highest BCUT2D eigenvalue weighted by molar-refractivity contribution is 7.11. The van der Waals surface area contributed by atoms with Crippen molar-refractivity contribution in [3.63, 3.8) is 0 Å². The molecule has 0 radical (unpaired) electrons. The Balaban J connectivity index is 2.06. The maximum atomic E-state index is 5.19. The van der Waals surface area contributed by atoms with Gasteiger partial charge in [-0.15, -0.1) is 11.3 Å². The summed E-state index contributed by atoms with van der Waals surface area (Å²) < 4.78 is 0. The third-order valence-electron chi connectivity index (χ3n) is 1.77. The molecule has 0 bridgehead atoms. The maximum absolute atomic E-state index is 5.19. The normalized spacial score (nSPS) is 17.2. The minimum Gasteiger partial charge on any atom is -0.271 e. The average molecular weight is 169 g/mol. The molecule has 1 saturated carbocycles. The molecular formula is C7H11N3S. The summed E-state index contributed by atoms with van der Waals surface area (Å²) in [7, 11) is 0. The molecule has 11 heavy (non-hydrogen) atoms. The van der Waals surface area contributed by atoms with E-state index in [2.05, 4.69) is 10.4 Å². The first-order chi connectivity index (χ1) is 5.40. The van der Waals surface area contributed by atoms with Crippen LogP contribution in [0.2, 0.25) is 0 Å². The van der Waals surface area contributed by atoms with E-state index in [1.54, 1.807) is 11.3 Å². The van der Waals surface area contributed by atoms with E-state index in [1.807, 2.05) is 6.20 Å². The van der Waals surface area contributed by atoms with Gasteiger partial charge in [-0.3, -0.25) is 11.3 Å². The van der Waals surface area contributed by atoms with Crippen molar-refractivity contribution in [3.8, 4) is 0 Å². The van der Waals surface area contributed by atoms with Gasteiger partial charge in [-0.1, -0.05) is 0 Å². The number of aromatic nitrogens is 1. The summed E-state index contributed by atoms with van der Waals surface area (Å²) in [4.78, 5) is 5.55. The van der Waals surface area contributed by atoms with E-state index in [0.29, 0.717) is 0 Å². The minimum atomic E-state index is 0.740. The van der Waals surface area contributed by atoms with Gasteiger partial charge in [0.1, 0.15) is 0 Å². The fourth-order valence-electron chi connectivity index (χ4n) is 1.02. The first-order valence-corrected chi connectivity index (χ1v) is 4.60.